The zero-order valence-electron chi connectivity index (χ0n) is 17.4. The molecule has 0 unspecified atom stereocenters. The van der Waals surface area contributed by atoms with Gasteiger partial charge in [-0.15, -0.1) is 0 Å². The summed E-state index contributed by atoms with van der Waals surface area (Å²) < 4.78 is 1.89. The van der Waals surface area contributed by atoms with E-state index in [1.54, 1.807) is 0 Å². The molecule has 1 fully saturated rings. The summed E-state index contributed by atoms with van der Waals surface area (Å²) in [5, 5.41) is 5.24. The normalized spacial score (nSPS) is 17.1. The second kappa shape index (κ2) is 8.13. The number of nitrogens with zero attached hydrogens (tertiary/aromatic N) is 6. The lowest BCUT2D eigenvalue weighted by Crippen LogP contribution is -2.25. The first-order valence-electron chi connectivity index (χ1n) is 9.95. The Hall–Kier alpha value is -2.44. The maximum Gasteiger partial charge on any atom is 0.225 e. The molecule has 0 amide bonds. The molecule has 29 heavy (non-hydrogen) atoms. The smallest absolute Gasteiger partial charge is 0.225 e. The maximum absolute atomic E-state index is 6.11. The summed E-state index contributed by atoms with van der Waals surface area (Å²) in [6.45, 7) is 4.01. The lowest BCUT2D eigenvalue weighted by atomic mass is 9.99. The number of rotatable bonds is 5. The van der Waals surface area contributed by atoms with Crippen LogP contribution in [0.15, 0.2) is 36.7 Å². The van der Waals surface area contributed by atoms with Gasteiger partial charge in [0.05, 0.1) is 17.4 Å². The van der Waals surface area contributed by atoms with Gasteiger partial charge in [0.15, 0.2) is 0 Å². The molecule has 3 heterocycles. The van der Waals surface area contributed by atoms with Gasteiger partial charge in [-0.1, -0.05) is 23.7 Å². The van der Waals surface area contributed by atoms with E-state index in [-0.39, 0.29) is 6.04 Å². The van der Waals surface area contributed by atoms with E-state index in [1.807, 2.05) is 61.2 Å². The third-order valence-corrected chi connectivity index (χ3v) is 5.78. The third-order valence-electron chi connectivity index (χ3n) is 5.53. The Morgan fingerprint density at radius 3 is 2.62 bits per heavy atom. The SMILES string of the molecule is Cc1nn(C)cc1CN1CCC[C@H]1c1nc(N(C)C)ncc1-c1ccc(Cl)cc1. The van der Waals surface area contributed by atoms with E-state index in [1.165, 1.54) is 5.56 Å². The first-order valence-corrected chi connectivity index (χ1v) is 10.3. The van der Waals surface area contributed by atoms with Gasteiger partial charge in [-0.25, -0.2) is 9.97 Å². The van der Waals surface area contributed by atoms with Gasteiger partial charge in [0.25, 0.3) is 0 Å². The highest BCUT2D eigenvalue weighted by Crippen LogP contribution is 2.38. The second-order valence-corrected chi connectivity index (χ2v) is 8.35. The van der Waals surface area contributed by atoms with Crippen LogP contribution >= 0.6 is 11.6 Å². The van der Waals surface area contributed by atoms with Crippen LogP contribution in [0.5, 0.6) is 0 Å². The Morgan fingerprint density at radius 1 is 1.21 bits per heavy atom. The molecule has 0 radical (unpaired) electrons. The molecule has 152 valence electrons. The molecule has 0 saturated carbocycles. The van der Waals surface area contributed by atoms with E-state index >= 15 is 0 Å². The summed E-state index contributed by atoms with van der Waals surface area (Å²) in [7, 11) is 5.93. The fourth-order valence-electron chi connectivity index (χ4n) is 4.05. The number of benzene rings is 1. The van der Waals surface area contributed by atoms with Crippen molar-refractivity contribution in [2.45, 2.75) is 32.4 Å². The minimum absolute atomic E-state index is 0.252. The average molecular weight is 411 g/mol. The van der Waals surface area contributed by atoms with Crippen LogP contribution in [-0.2, 0) is 13.6 Å². The van der Waals surface area contributed by atoms with E-state index in [4.69, 9.17) is 16.6 Å². The van der Waals surface area contributed by atoms with Crippen molar-refractivity contribution >= 4 is 17.5 Å². The molecule has 0 spiro atoms. The molecule has 0 N–H and O–H groups in total. The monoisotopic (exact) mass is 410 g/mol. The predicted octanol–water partition coefficient (Wildman–Crippen LogP) is 4.24. The number of anilines is 1. The minimum Gasteiger partial charge on any atom is -0.347 e. The fraction of sp³-hybridized carbons (Fsp3) is 0.409. The molecule has 7 heteroatoms. The van der Waals surface area contributed by atoms with Crippen molar-refractivity contribution in [3.63, 3.8) is 0 Å². The van der Waals surface area contributed by atoms with Crippen LogP contribution in [-0.4, -0.2) is 45.3 Å². The Kier molecular flexibility index (Phi) is 5.56. The zero-order chi connectivity index (χ0) is 20.5. The van der Waals surface area contributed by atoms with E-state index in [2.05, 4.69) is 28.1 Å². The molecule has 1 atom stereocenters. The molecule has 0 bridgehead atoms. The average Bonchev–Trinajstić information content (AvgIpc) is 3.28. The first kappa shape index (κ1) is 19.9. The number of aryl methyl sites for hydroxylation is 2. The van der Waals surface area contributed by atoms with Crippen LogP contribution in [0.4, 0.5) is 5.95 Å². The number of hydrogen-bond acceptors (Lipinski definition) is 5. The minimum atomic E-state index is 0.252. The van der Waals surface area contributed by atoms with Crippen molar-refractivity contribution in [1.82, 2.24) is 24.6 Å². The summed E-state index contributed by atoms with van der Waals surface area (Å²) in [6, 6.07) is 8.19. The van der Waals surface area contributed by atoms with E-state index in [9.17, 15) is 0 Å². The van der Waals surface area contributed by atoms with Crippen molar-refractivity contribution in [2.24, 2.45) is 7.05 Å². The highest BCUT2D eigenvalue weighted by molar-refractivity contribution is 6.30. The quantitative estimate of drug-likeness (QED) is 0.629. The fourth-order valence-corrected chi connectivity index (χ4v) is 4.18. The second-order valence-electron chi connectivity index (χ2n) is 7.91. The lowest BCUT2D eigenvalue weighted by Gasteiger charge is -2.26. The summed E-state index contributed by atoms with van der Waals surface area (Å²) >= 11 is 6.11. The topological polar surface area (TPSA) is 50.1 Å². The molecule has 1 saturated heterocycles. The number of halogens is 1. The van der Waals surface area contributed by atoms with Crippen LogP contribution < -0.4 is 4.90 Å². The molecule has 3 aromatic rings. The molecule has 2 aromatic heterocycles. The van der Waals surface area contributed by atoms with Gasteiger partial charge in [0.2, 0.25) is 5.95 Å². The molecule has 1 aromatic carbocycles. The molecular weight excluding hydrogens is 384 g/mol. The van der Waals surface area contributed by atoms with E-state index < -0.39 is 0 Å². The third kappa shape index (κ3) is 4.14. The van der Waals surface area contributed by atoms with Gasteiger partial charge in [-0.05, 0) is 44.0 Å². The largest absolute Gasteiger partial charge is 0.347 e. The molecule has 0 aliphatic carbocycles. The predicted molar refractivity (Wildman–Crippen MR) is 117 cm³/mol. The summed E-state index contributed by atoms with van der Waals surface area (Å²) in [5.74, 6) is 0.738. The highest BCUT2D eigenvalue weighted by Gasteiger charge is 2.30. The van der Waals surface area contributed by atoms with E-state index in [0.717, 1.165) is 59.4 Å². The van der Waals surface area contributed by atoms with Crippen LogP contribution in [0.2, 0.25) is 5.02 Å². The summed E-state index contributed by atoms with van der Waals surface area (Å²) in [6.07, 6.45) is 6.32. The van der Waals surface area contributed by atoms with Crippen LogP contribution in [0.3, 0.4) is 0 Å². The maximum atomic E-state index is 6.11. The van der Waals surface area contributed by atoms with Gasteiger partial charge in [0.1, 0.15) is 0 Å². The molecule has 1 aliphatic heterocycles. The van der Waals surface area contributed by atoms with Crippen molar-refractivity contribution in [1.29, 1.82) is 0 Å². The lowest BCUT2D eigenvalue weighted by molar-refractivity contribution is 0.244. The van der Waals surface area contributed by atoms with E-state index in [0.29, 0.717) is 0 Å². The molecule has 1 aliphatic rings. The molecular formula is C22H27ClN6. The Balaban J connectivity index is 1.73. The number of hydrogen-bond donors (Lipinski definition) is 0. The van der Waals surface area contributed by atoms with Gasteiger partial charge >= 0.3 is 0 Å². The Labute approximate surface area is 177 Å². The standard InChI is InChI=1S/C22H27ClN6/c1-15-17(13-28(4)26-15)14-29-11-5-6-20(29)21-19(12-24-22(25-21)27(2)3)16-7-9-18(23)10-8-16/h7-10,12-13,20H,5-6,11,14H2,1-4H3/t20-/m0/s1. The Morgan fingerprint density at radius 2 is 1.97 bits per heavy atom. The molecule has 4 rings (SSSR count). The van der Waals surface area contributed by atoms with Crippen molar-refractivity contribution in [3.05, 3.63) is 58.6 Å². The van der Waals surface area contributed by atoms with Crippen LogP contribution in [0.1, 0.15) is 35.8 Å². The van der Waals surface area contributed by atoms with Gasteiger partial charge in [-0.2, -0.15) is 5.10 Å². The summed E-state index contributed by atoms with van der Waals surface area (Å²) in [4.78, 5) is 14.1. The number of aromatic nitrogens is 4. The van der Waals surface area contributed by atoms with Gasteiger partial charge in [0, 0.05) is 56.2 Å². The zero-order valence-corrected chi connectivity index (χ0v) is 18.2. The van der Waals surface area contributed by atoms with Crippen molar-refractivity contribution in [3.8, 4) is 11.1 Å². The van der Waals surface area contributed by atoms with Crippen LogP contribution in [0, 0.1) is 6.92 Å². The Bertz CT molecular complexity index is 995. The number of likely N-dealkylation sites (tertiary alicyclic amines) is 1. The van der Waals surface area contributed by atoms with Crippen LogP contribution in [0.25, 0.3) is 11.1 Å². The van der Waals surface area contributed by atoms with Gasteiger partial charge in [-0.3, -0.25) is 9.58 Å². The summed E-state index contributed by atoms with van der Waals surface area (Å²) in [5.41, 5.74) is 5.62. The molecule has 6 nitrogen and oxygen atoms in total. The highest BCUT2D eigenvalue weighted by atomic mass is 35.5. The van der Waals surface area contributed by atoms with Crippen molar-refractivity contribution in [2.75, 3.05) is 25.5 Å². The van der Waals surface area contributed by atoms with Crippen molar-refractivity contribution < 1.29 is 0 Å². The van der Waals surface area contributed by atoms with Gasteiger partial charge < -0.3 is 4.90 Å². The first-order chi connectivity index (χ1) is 13.9.